The number of primary sulfonamides is 1. The van der Waals surface area contributed by atoms with Gasteiger partial charge in [-0.25, -0.2) is 13.6 Å². The Balaban J connectivity index is 1.78. The third-order valence-electron chi connectivity index (χ3n) is 5.05. The first-order valence-corrected chi connectivity index (χ1v) is 10.1. The summed E-state index contributed by atoms with van der Waals surface area (Å²) in [6, 6.07) is 7.20. The first-order chi connectivity index (χ1) is 10.9. The lowest BCUT2D eigenvalue weighted by Gasteiger charge is -2.29. The van der Waals surface area contributed by atoms with Crippen LogP contribution in [0.4, 0.5) is 0 Å². The van der Waals surface area contributed by atoms with Crippen molar-refractivity contribution in [3.05, 3.63) is 35.4 Å². The van der Waals surface area contributed by atoms with E-state index < -0.39 is 10.0 Å². The molecule has 0 bridgehead atoms. The van der Waals surface area contributed by atoms with Crippen molar-refractivity contribution in [3.63, 3.8) is 0 Å². The van der Waals surface area contributed by atoms with E-state index in [0.29, 0.717) is 23.1 Å². The fraction of sp³-hybridized carbons (Fsp3) is 0.588. The number of amides is 1. The molecule has 1 saturated heterocycles. The number of hydrogen-bond donors (Lipinski definition) is 1. The average molecular weight is 336 g/mol. The predicted octanol–water partition coefficient (Wildman–Crippen LogP) is 2.27. The van der Waals surface area contributed by atoms with Crippen LogP contribution in [0.3, 0.4) is 0 Å². The summed E-state index contributed by atoms with van der Waals surface area (Å²) in [6.45, 7) is 0.805. The van der Waals surface area contributed by atoms with Crippen molar-refractivity contribution in [2.75, 3.05) is 6.54 Å². The Morgan fingerprint density at radius 2 is 1.91 bits per heavy atom. The van der Waals surface area contributed by atoms with Gasteiger partial charge in [-0.1, -0.05) is 25.0 Å². The highest BCUT2D eigenvalue weighted by Crippen LogP contribution is 2.36. The largest absolute Gasteiger partial charge is 0.335 e. The molecule has 0 aromatic heterocycles. The molecule has 3 rings (SSSR count). The Bertz CT molecular complexity index is 681. The van der Waals surface area contributed by atoms with Crippen molar-refractivity contribution in [2.45, 2.75) is 50.3 Å². The Labute approximate surface area is 137 Å². The van der Waals surface area contributed by atoms with Gasteiger partial charge in [0.2, 0.25) is 10.0 Å². The van der Waals surface area contributed by atoms with Crippen LogP contribution in [-0.2, 0) is 15.8 Å². The number of carbonyl (C=O) groups is 1. The molecule has 1 heterocycles. The minimum atomic E-state index is -3.59. The van der Waals surface area contributed by atoms with Gasteiger partial charge < -0.3 is 4.90 Å². The molecule has 2 N–H and O–H groups in total. The van der Waals surface area contributed by atoms with Gasteiger partial charge in [0.1, 0.15) is 0 Å². The van der Waals surface area contributed by atoms with Crippen LogP contribution in [0.2, 0.25) is 0 Å². The second-order valence-electron chi connectivity index (χ2n) is 6.76. The van der Waals surface area contributed by atoms with Crippen LogP contribution in [0.5, 0.6) is 0 Å². The quantitative estimate of drug-likeness (QED) is 0.916. The van der Waals surface area contributed by atoms with Gasteiger partial charge in [0.25, 0.3) is 5.91 Å². The molecule has 5 nitrogen and oxygen atoms in total. The molecule has 1 aliphatic heterocycles. The van der Waals surface area contributed by atoms with E-state index >= 15 is 0 Å². The van der Waals surface area contributed by atoms with Crippen molar-refractivity contribution in [1.82, 2.24) is 4.90 Å². The Morgan fingerprint density at radius 1 is 1.17 bits per heavy atom. The topological polar surface area (TPSA) is 80.5 Å². The number of sulfonamides is 1. The van der Waals surface area contributed by atoms with E-state index in [0.717, 1.165) is 19.4 Å². The summed E-state index contributed by atoms with van der Waals surface area (Å²) in [7, 11) is -3.59. The number of nitrogens with two attached hydrogens (primary N) is 1. The third kappa shape index (κ3) is 3.93. The molecule has 2 aliphatic rings. The fourth-order valence-electron chi connectivity index (χ4n) is 4.07. The minimum Gasteiger partial charge on any atom is -0.335 e. The standard InChI is InChI=1S/C17H24N2O3S/c18-23(21,22)12-13-5-3-8-15(11-13)17(20)19-10-4-9-16(19)14-6-1-2-7-14/h3,5,8,11,14,16H,1-2,4,6-7,9-10,12H2,(H2,18,21,22). The molecular formula is C17H24N2O3S. The van der Waals surface area contributed by atoms with E-state index in [2.05, 4.69) is 0 Å². The number of likely N-dealkylation sites (tertiary alicyclic amines) is 1. The highest BCUT2D eigenvalue weighted by molar-refractivity contribution is 7.88. The summed E-state index contributed by atoms with van der Waals surface area (Å²) in [5.41, 5.74) is 1.13. The Kier molecular flexibility index (Phi) is 4.73. The number of nitrogens with zero attached hydrogens (tertiary/aromatic N) is 1. The maximum atomic E-state index is 12.9. The molecule has 1 unspecified atom stereocenters. The van der Waals surface area contributed by atoms with Crippen LogP contribution in [0, 0.1) is 5.92 Å². The molecule has 1 aromatic carbocycles. The number of benzene rings is 1. The van der Waals surface area contributed by atoms with E-state index in [1.54, 1.807) is 24.3 Å². The van der Waals surface area contributed by atoms with Gasteiger partial charge in [-0.3, -0.25) is 4.79 Å². The maximum absolute atomic E-state index is 12.9. The molecule has 1 amide bonds. The van der Waals surface area contributed by atoms with Crippen molar-refractivity contribution >= 4 is 15.9 Å². The lowest BCUT2D eigenvalue weighted by molar-refractivity contribution is 0.0689. The van der Waals surface area contributed by atoms with Gasteiger partial charge in [-0.2, -0.15) is 0 Å². The Morgan fingerprint density at radius 3 is 2.61 bits per heavy atom. The number of hydrogen-bond acceptors (Lipinski definition) is 3. The second kappa shape index (κ2) is 6.61. The fourth-order valence-corrected chi connectivity index (χ4v) is 4.71. The Hall–Kier alpha value is -1.40. The van der Waals surface area contributed by atoms with E-state index in [9.17, 15) is 13.2 Å². The van der Waals surface area contributed by atoms with E-state index in [1.807, 2.05) is 4.90 Å². The summed E-state index contributed by atoms with van der Waals surface area (Å²) in [4.78, 5) is 14.9. The van der Waals surface area contributed by atoms with Crippen LogP contribution in [0.15, 0.2) is 24.3 Å². The minimum absolute atomic E-state index is 0.0238. The summed E-state index contributed by atoms with van der Waals surface area (Å²) >= 11 is 0. The smallest absolute Gasteiger partial charge is 0.254 e. The molecule has 0 spiro atoms. The summed E-state index contributed by atoms with van der Waals surface area (Å²) < 4.78 is 22.5. The first kappa shape index (κ1) is 16.5. The molecule has 126 valence electrons. The van der Waals surface area contributed by atoms with Gasteiger partial charge in [0.05, 0.1) is 5.75 Å². The molecule has 6 heteroatoms. The van der Waals surface area contributed by atoms with Gasteiger partial charge in [-0.15, -0.1) is 0 Å². The van der Waals surface area contributed by atoms with Crippen molar-refractivity contribution in [3.8, 4) is 0 Å². The summed E-state index contributed by atoms with van der Waals surface area (Å²) in [6.07, 6.45) is 7.14. The number of rotatable bonds is 4. The van der Waals surface area contributed by atoms with Gasteiger partial charge in [0.15, 0.2) is 0 Å². The molecule has 0 radical (unpaired) electrons. The van der Waals surface area contributed by atoms with Crippen molar-refractivity contribution in [1.29, 1.82) is 0 Å². The third-order valence-corrected chi connectivity index (χ3v) is 5.78. The average Bonchev–Trinajstić information content (AvgIpc) is 3.15. The van der Waals surface area contributed by atoms with Crippen molar-refractivity contribution in [2.24, 2.45) is 11.1 Å². The lowest BCUT2D eigenvalue weighted by atomic mass is 9.95. The monoisotopic (exact) mass is 336 g/mol. The summed E-state index contributed by atoms with van der Waals surface area (Å²) in [5.74, 6) is 0.421. The first-order valence-electron chi connectivity index (χ1n) is 8.34. The lowest BCUT2D eigenvalue weighted by Crippen LogP contribution is -2.39. The van der Waals surface area contributed by atoms with E-state index in [4.69, 9.17) is 5.14 Å². The van der Waals surface area contributed by atoms with Crippen LogP contribution in [-0.4, -0.2) is 31.8 Å². The zero-order valence-electron chi connectivity index (χ0n) is 13.3. The molecule has 23 heavy (non-hydrogen) atoms. The normalized spacial score (nSPS) is 22.7. The van der Waals surface area contributed by atoms with Gasteiger partial charge in [0, 0.05) is 18.2 Å². The van der Waals surface area contributed by atoms with Crippen LogP contribution < -0.4 is 5.14 Å². The molecule has 1 aliphatic carbocycles. The molecule has 1 atom stereocenters. The van der Waals surface area contributed by atoms with Crippen LogP contribution in [0.1, 0.15) is 54.4 Å². The van der Waals surface area contributed by atoms with Crippen molar-refractivity contribution < 1.29 is 13.2 Å². The SMILES string of the molecule is NS(=O)(=O)Cc1cccc(C(=O)N2CCCC2C2CCCC2)c1. The van der Waals surface area contributed by atoms with E-state index in [1.165, 1.54) is 25.7 Å². The zero-order chi connectivity index (χ0) is 16.4. The molecule has 1 aromatic rings. The second-order valence-corrected chi connectivity index (χ2v) is 8.37. The molecular weight excluding hydrogens is 312 g/mol. The summed E-state index contributed by atoms with van der Waals surface area (Å²) in [5, 5.41) is 5.10. The maximum Gasteiger partial charge on any atom is 0.254 e. The predicted molar refractivity (Wildman–Crippen MR) is 89.3 cm³/mol. The van der Waals surface area contributed by atoms with E-state index in [-0.39, 0.29) is 11.7 Å². The molecule has 1 saturated carbocycles. The van der Waals surface area contributed by atoms with Crippen LogP contribution in [0.25, 0.3) is 0 Å². The highest BCUT2D eigenvalue weighted by Gasteiger charge is 2.36. The molecule has 2 fully saturated rings. The van der Waals surface area contributed by atoms with Gasteiger partial charge in [-0.05, 0) is 49.3 Å². The van der Waals surface area contributed by atoms with Crippen LogP contribution >= 0.6 is 0 Å². The van der Waals surface area contributed by atoms with Gasteiger partial charge >= 0.3 is 0 Å². The number of carbonyl (C=O) groups excluding carboxylic acids is 1. The highest BCUT2D eigenvalue weighted by atomic mass is 32.2. The zero-order valence-corrected chi connectivity index (χ0v) is 14.1.